The number of carbonyl (C=O) groups excluding carboxylic acids is 3. The number of Topliss-reactive ketones (excluding diaryl/α,β-unsaturated/α-hetero) is 1. The molecule has 1 unspecified atom stereocenters. The first-order valence-electron chi connectivity index (χ1n) is 9.83. The Morgan fingerprint density at radius 1 is 1.06 bits per heavy atom. The van der Waals surface area contributed by atoms with Crippen LogP contribution in [-0.2, 0) is 19.1 Å². The first kappa shape index (κ1) is 22.2. The van der Waals surface area contributed by atoms with Crippen LogP contribution in [0.4, 0.5) is 0 Å². The summed E-state index contributed by atoms with van der Waals surface area (Å²) in [6.07, 6.45) is 0. The van der Waals surface area contributed by atoms with E-state index in [4.69, 9.17) is 9.47 Å². The van der Waals surface area contributed by atoms with Crippen molar-refractivity contribution in [2.45, 2.75) is 19.9 Å². The Bertz CT molecular complexity index is 1050. The predicted molar refractivity (Wildman–Crippen MR) is 115 cm³/mol. The highest BCUT2D eigenvalue weighted by Crippen LogP contribution is 2.39. The summed E-state index contributed by atoms with van der Waals surface area (Å²) in [5, 5.41) is 11.1. The van der Waals surface area contributed by atoms with Gasteiger partial charge in [0, 0.05) is 19.2 Å². The maximum Gasteiger partial charge on any atom is 0.337 e. The van der Waals surface area contributed by atoms with E-state index in [1.807, 2.05) is 26.0 Å². The number of aryl methyl sites for hydroxylation is 2. The van der Waals surface area contributed by atoms with Gasteiger partial charge in [0.05, 0.1) is 30.9 Å². The molecule has 7 nitrogen and oxygen atoms in total. The van der Waals surface area contributed by atoms with Gasteiger partial charge >= 0.3 is 5.97 Å². The van der Waals surface area contributed by atoms with Crippen molar-refractivity contribution in [3.05, 3.63) is 75.9 Å². The zero-order valence-corrected chi connectivity index (χ0v) is 18.0. The fourth-order valence-corrected chi connectivity index (χ4v) is 3.70. The van der Waals surface area contributed by atoms with Crippen LogP contribution in [0.3, 0.4) is 0 Å². The Morgan fingerprint density at radius 3 is 2.35 bits per heavy atom. The molecule has 0 aromatic heterocycles. The third-order valence-corrected chi connectivity index (χ3v) is 5.37. The van der Waals surface area contributed by atoms with Gasteiger partial charge in [0.15, 0.2) is 0 Å². The van der Waals surface area contributed by atoms with Crippen molar-refractivity contribution < 1.29 is 29.0 Å². The molecule has 1 atom stereocenters. The number of nitrogens with zero attached hydrogens (tertiary/aromatic N) is 1. The number of ketones is 1. The molecule has 1 saturated heterocycles. The molecule has 7 heteroatoms. The highest BCUT2D eigenvalue weighted by Gasteiger charge is 2.46. The van der Waals surface area contributed by atoms with Crippen LogP contribution in [0.2, 0.25) is 0 Å². The van der Waals surface area contributed by atoms with Gasteiger partial charge in [0.2, 0.25) is 0 Å². The second-order valence-electron chi connectivity index (χ2n) is 7.42. The second kappa shape index (κ2) is 9.14. The third-order valence-electron chi connectivity index (χ3n) is 5.37. The number of esters is 1. The van der Waals surface area contributed by atoms with Gasteiger partial charge in [-0.3, -0.25) is 9.59 Å². The van der Waals surface area contributed by atoms with Gasteiger partial charge in [-0.15, -0.1) is 0 Å². The molecule has 31 heavy (non-hydrogen) atoms. The fraction of sp³-hybridized carbons (Fsp3) is 0.292. The van der Waals surface area contributed by atoms with Gasteiger partial charge in [0.25, 0.3) is 11.7 Å². The summed E-state index contributed by atoms with van der Waals surface area (Å²) in [5.74, 6) is -2.17. The van der Waals surface area contributed by atoms with E-state index in [2.05, 4.69) is 0 Å². The molecule has 1 N–H and O–H groups in total. The molecule has 1 fully saturated rings. The summed E-state index contributed by atoms with van der Waals surface area (Å²) < 4.78 is 9.84. The van der Waals surface area contributed by atoms with E-state index in [0.717, 1.165) is 11.1 Å². The van der Waals surface area contributed by atoms with Crippen LogP contribution in [0.5, 0.6) is 0 Å². The monoisotopic (exact) mass is 423 g/mol. The average molecular weight is 423 g/mol. The Morgan fingerprint density at radius 2 is 1.74 bits per heavy atom. The minimum absolute atomic E-state index is 0.0145. The number of likely N-dealkylation sites (tertiary alicyclic amines) is 1. The molecule has 2 aromatic carbocycles. The van der Waals surface area contributed by atoms with Crippen molar-refractivity contribution in [3.63, 3.8) is 0 Å². The fourth-order valence-electron chi connectivity index (χ4n) is 3.70. The van der Waals surface area contributed by atoms with Crippen molar-refractivity contribution in [1.29, 1.82) is 0 Å². The molecule has 3 rings (SSSR count). The van der Waals surface area contributed by atoms with Crippen LogP contribution in [0.25, 0.3) is 5.76 Å². The summed E-state index contributed by atoms with van der Waals surface area (Å²) in [6.45, 7) is 4.12. The van der Waals surface area contributed by atoms with Gasteiger partial charge in [-0.1, -0.05) is 29.8 Å². The van der Waals surface area contributed by atoms with E-state index in [0.29, 0.717) is 16.7 Å². The zero-order chi connectivity index (χ0) is 22.7. The third kappa shape index (κ3) is 4.22. The molecule has 1 aliphatic rings. The van der Waals surface area contributed by atoms with E-state index in [1.54, 1.807) is 30.3 Å². The largest absolute Gasteiger partial charge is 0.507 e. The Hall–Kier alpha value is -3.45. The summed E-state index contributed by atoms with van der Waals surface area (Å²) in [6, 6.07) is 11.2. The van der Waals surface area contributed by atoms with Gasteiger partial charge in [-0.2, -0.15) is 0 Å². The van der Waals surface area contributed by atoms with Crippen LogP contribution in [0.15, 0.2) is 48.0 Å². The van der Waals surface area contributed by atoms with Crippen LogP contribution < -0.4 is 0 Å². The molecule has 1 aliphatic heterocycles. The van der Waals surface area contributed by atoms with Crippen molar-refractivity contribution in [2.75, 3.05) is 27.4 Å². The van der Waals surface area contributed by atoms with Gasteiger partial charge in [-0.05, 0) is 43.2 Å². The van der Waals surface area contributed by atoms with Crippen molar-refractivity contribution >= 4 is 23.4 Å². The first-order valence-corrected chi connectivity index (χ1v) is 9.83. The number of aliphatic hydroxyl groups excluding tert-OH is 1. The van der Waals surface area contributed by atoms with Crippen molar-refractivity contribution in [1.82, 2.24) is 4.90 Å². The molecule has 2 aromatic rings. The highest BCUT2D eigenvalue weighted by molar-refractivity contribution is 6.46. The normalized spacial score (nSPS) is 17.8. The lowest BCUT2D eigenvalue weighted by atomic mass is 9.93. The van der Waals surface area contributed by atoms with E-state index >= 15 is 0 Å². The Labute approximate surface area is 180 Å². The maximum atomic E-state index is 13.0. The summed E-state index contributed by atoms with van der Waals surface area (Å²) in [7, 11) is 2.80. The SMILES string of the molecule is COCCN1C(=O)C(=O)C(=C(O)c2cc(C)ccc2C)C1c1ccc(C(=O)OC)cc1. The number of methoxy groups -OCH3 is 2. The molecule has 0 bridgehead atoms. The molecule has 0 saturated carbocycles. The number of hydrogen-bond acceptors (Lipinski definition) is 6. The summed E-state index contributed by atoms with van der Waals surface area (Å²) in [5.41, 5.74) is 3.15. The molecule has 1 heterocycles. The molecule has 0 radical (unpaired) electrons. The lowest BCUT2D eigenvalue weighted by Gasteiger charge is -2.25. The lowest BCUT2D eigenvalue weighted by Crippen LogP contribution is -2.32. The number of carbonyl (C=O) groups is 3. The van der Waals surface area contributed by atoms with Crippen molar-refractivity contribution in [2.24, 2.45) is 0 Å². The lowest BCUT2D eigenvalue weighted by molar-refractivity contribution is -0.140. The second-order valence-corrected chi connectivity index (χ2v) is 7.42. The van der Waals surface area contributed by atoms with Gasteiger partial charge in [0.1, 0.15) is 5.76 Å². The Balaban J connectivity index is 2.17. The van der Waals surface area contributed by atoms with Gasteiger partial charge in [-0.25, -0.2) is 4.79 Å². The van der Waals surface area contributed by atoms with E-state index in [1.165, 1.54) is 19.1 Å². The first-order chi connectivity index (χ1) is 14.8. The number of benzene rings is 2. The van der Waals surface area contributed by atoms with Crippen LogP contribution in [-0.4, -0.2) is 55.0 Å². The highest BCUT2D eigenvalue weighted by atomic mass is 16.5. The van der Waals surface area contributed by atoms with E-state index in [-0.39, 0.29) is 24.5 Å². The van der Waals surface area contributed by atoms with Crippen LogP contribution in [0.1, 0.15) is 38.7 Å². The standard InChI is InChI=1S/C24H25NO6/c1-14-5-6-15(2)18(13-14)21(26)19-20(25(11-12-30-3)23(28)22(19)27)16-7-9-17(10-8-16)24(29)31-4/h5-10,13,20,26H,11-12H2,1-4H3. The zero-order valence-electron chi connectivity index (χ0n) is 18.0. The predicted octanol–water partition coefficient (Wildman–Crippen LogP) is 3.16. The van der Waals surface area contributed by atoms with Crippen LogP contribution >= 0.6 is 0 Å². The minimum Gasteiger partial charge on any atom is -0.507 e. The van der Waals surface area contributed by atoms with Crippen molar-refractivity contribution in [3.8, 4) is 0 Å². The molecular formula is C24H25NO6. The average Bonchev–Trinajstić information content (AvgIpc) is 3.03. The smallest absolute Gasteiger partial charge is 0.337 e. The molecule has 162 valence electrons. The Kier molecular flexibility index (Phi) is 6.56. The topological polar surface area (TPSA) is 93.1 Å². The molecule has 1 amide bonds. The number of hydrogen-bond donors (Lipinski definition) is 1. The molecular weight excluding hydrogens is 398 g/mol. The van der Waals surface area contributed by atoms with Gasteiger partial charge < -0.3 is 19.5 Å². The quantitative estimate of drug-likeness (QED) is 0.332. The number of ether oxygens (including phenoxy) is 2. The number of amides is 1. The van der Waals surface area contributed by atoms with E-state index < -0.39 is 23.7 Å². The van der Waals surface area contributed by atoms with E-state index in [9.17, 15) is 19.5 Å². The maximum absolute atomic E-state index is 13.0. The summed E-state index contributed by atoms with van der Waals surface area (Å²) >= 11 is 0. The molecule has 0 aliphatic carbocycles. The number of aliphatic hydroxyl groups is 1. The number of rotatable bonds is 6. The molecule has 0 spiro atoms. The van der Waals surface area contributed by atoms with Crippen LogP contribution in [0, 0.1) is 13.8 Å². The minimum atomic E-state index is -0.804. The summed E-state index contributed by atoms with van der Waals surface area (Å²) in [4.78, 5) is 38.9.